The Bertz CT molecular complexity index is 878. The van der Waals surface area contributed by atoms with Crippen LogP contribution in [-0.4, -0.2) is 18.5 Å². The van der Waals surface area contributed by atoms with Gasteiger partial charge in [0.1, 0.15) is 6.04 Å². The molecule has 0 aliphatic heterocycles. The number of carbonyl (C=O) groups is 2. The van der Waals surface area contributed by atoms with E-state index in [2.05, 4.69) is 41.0 Å². The lowest BCUT2D eigenvalue weighted by Gasteiger charge is -2.15. The van der Waals surface area contributed by atoms with Gasteiger partial charge in [-0.3, -0.25) is 10.1 Å². The second-order valence-corrected chi connectivity index (χ2v) is 7.19. The lowest BCUT2D eigenvalue weighted by Crippen LogP contribution is -2.87. The highest BCUT2D eigenvalue weighted by Gasteiger charge is 2.20. The van der Waals surface area contributed by atoms with E-state index in [4.69, 9.17) is 0 Å². The summed E-state index contributed by atoms with van der Waals surface area (Å²) in [6.07, 6.45) is 0. The van der Waals surface area contributed by atoms with Gasteiger partial charge in [0.05, 0.1) is 4.88 Å². The number of amides is 3. The molecule has 1 atom stereocenters. The molecule has 0 aliphatic carbocycles. The zero-order valence-corrected chi connectivity index (χ0v) is 15.8. The highest BCUT2D eigenvalue weighted by atomic mass is 32.1. The fraction of sp³-hybridized carbons (Fsp3) is 0.143. The van der Waals surface area contributed by atoms with E-state index >= 15 is 0 Å². The molecule has 0 fully saturated rings. The van der Waals surface area contributed by atoms with Crippen LogP contribution in [0.4, 0.5) is 10.5 Å². The zero-order valence-electron chi connectivity index (χ0n) is 15.0. The standard InChI is InChI=1S/C21H21N3O2S/c1-15-9-11-16(12-10-15)20(18-8-5-13-27-18)22-14-19(25)24-21(26)23-17-6-3-2-4-7-17/h2-13,20,22H,14H2,1H3,(H2,23,24,25,26)/p+1/t20-/m1/s1. The van der Waals surface area contributed by atoms with Crippen LogP contribution in [0.3, 0.4) is 0 Å². The van der Waals surface area contributed by atoms with Crippen molar-refractivity contribution in [3.8, 4) is 0 Å². The normalized spacial score (nSPS) is 11.6. The molecular weight excluding hydrogens is 358 g/mol. The van der Waals surface area contributed by atoms with Crippen molar-refractivity contribution in [2.24, 2.45) is 0 Å². The number of nitrogens with two attached hydrogens (primary N) is 1. The molecule has 0 radical (unpaired) electrons. The Morgan fingerprint density at radius 2 is 1.74 bits per heavy atom. The molecule has 5 nitrogen and oxygen atoms in total. The summed E-state index contributed by atoms with van der Waals surface area (Å²) >= 11 is 1.66. The first-order valence-electron chi connectivity index (χ1n) is 8.71. The number of carbonyl (C=O) groups excluding carboxylic acids is 2. The summed E-state index contributed by atoms with van der Waals surface area (Å²) in [5, 5.41) is 8.99. The minimum Gasteiger partial charge on any atom is -0.328 e. The van der Waals surface area contributed by atoms with E-state index in [0.29, 0.717) is 5.69 Å². The molecule has 0 aliphatic rings. The predicted octanol–water partition coefficient (Wildman–Crippen LogP) is 3.06. The van der Waals surface area contributed by atoms with Gasteiger partial charge < -0.3 is 10.6 Å². The molecule has 27 heavy (non-hydrogen) atoms. The fourth-order valence-electron chi connectivity index (χ4n) is 2.74. The fourth-order valence-corrected chi connectivity index (χ4v) is 3.60. The molecule has 1 aromatic heterocycles. The van der Waals surface area contributed by atoms with Gasteiger partial charge in [0.15, 0.2) is 6.54 Å². The number of hydrogen-bond acceptors (Lipinski definition) is 3. The Kier molecular flexibility index (Phi) is 6.35. The van der Waals surface area contributed by atoms with Gasteiger partial charge in [0, 0.05) is 11.3 Å². The molecule has 0 saturated carbocycles. The van der Waals surface area contributed by atoms with Crippen LogP contribution in [0, 0.1) is 6.92 Å². The quantitative estimate of drug-likeness (QED) is 0.615. The van der Waals surface area contributed by atoms with Gasteiger partial charge in [-0.1, -0.05) is 54.1 Å². The maximum atomic E-state index is 12.2. The Balaban J connectivity index is 1.59. The number of anilines is 1. The van der Waals surface area contributed by atoms with Gasteiger partial charge in [0.2, 0.25) is 0 Å². The van der Waals surface area contributed by atoms with Crippen molar-refractivity contribution < 1.29 is 14.9 Å². The molecule has 0 saturated heterocycles. The van der Waals surface area contributed by atoms with Crippen molar-refractivity contribution in [1.29, 1.82) is 0 Å². The molecule has 3 rings (SSSR count). The first-order chi connectivity index (χ1) is 13.1. The Hall–Kier alpha value is -2.96. The van der Waals surface area contributed by atoms with E-state index in [1.807, 2.05) is 41.9 Å². The van der Waals surface area contributed by atoms with E-state index < -0.39 is 6.03 Å². The van der Waals surface area contributed by atoms with Crippen molar-refractivity contribution in [2.75, 3.05) is 11.9 Å². The third-order valence-corrected chi connectivity index (χ3v) is 5.07. The maximum Gasteiger partial charge on any atom is 0.326 e. The van der Waals surface area contributed by atoms with E-state index in [9.17, 15) is 9.59 Å². The van der Waals surface area contributed by atoms with Gasteiger partial charge in [-0.05, 0) is 30.5 Å². The van der Waals surface area contributed by atoms with Gasteiger partial charge in [-0.15, -0.1) is 11.3 Å². The summed E-state index contributed by atoms with van der Waals surface area (Å²) < 4.78 is 0. The summed E-state index contributed by atoms with van der Waals surface area (Å²) in [5.41, 5.74) is 2.96. The highest BCUT2D eigenvalue weighted by Crippen LogP contribution is 2.22. The number of nitrogens with one attached hydrogen (secondary N) is 2. The lowest BCUT2D eigenvalue weighted by atomic mass is 10.0. The zero-order chi connectivity index (χ0) is 19.1. The molecule has 2 aromatic carbocycles. The van der Waals surface area contributed by atoms with Gasteiger partial charge >= 0.3 is 6.03 Å². The largest absolute Gasteiger partial charge is 0.328 e. The van der Waals surface area contributed by atoms with E-state index in [-0.39, 0.29) is 18.5 Å². The minimum absolute atomic E-state index is 0.0218. The maximum absolute atomic E-state index is 12.2. The third kappa shape index (κ3) is 5.51. The lowest BCUT2D eigenvalue weighted by molar-refractivity contribution is -0.676. The van der Waals surface area contributed by atoms with Crippen LogP contribution in [-0.2, 0) is 4.79 Å². The van der Waals surface area contributed by atoms with Gasteiger partial charge in [0.25, 0.3) is 5.91 Å². The number of imide groups is 1. The number of para-hydroxylation sites is 1. The number of rotatable bonds is 6. The average Bonchev–Trinajstić information content (AvgIpc) is 3.18. The van der Waals surface area contributed by atoms with Crippen molar-refractivity contribution in [2.45, 2.75) is 13.0 Å². The number of quaternary nitrogens is 1. The van der Waals surface area contributed by atoms with Crippen LogP contribution in [0.2, 0.25) is 0 Å². The summed E-state index contributed by atoms with van der Waals surface area (Å²) in [4.78, 5) is 25.3. The van der Waals surface area contributed by atoms with Crippen LogP contribution in [0.25, 0.3) is 0 Å². The average molecular weight is 380 g/mol. The molecule has 0 unspecified atom stereocenters. The van der Waals surface area contributed by atoms with E-state index in [1.54, 1.807) is 23.5 Å². The van der Waals surface area contributed by atoms with E-state index in [1.165, 1.54) is 10.4 Å². The molecular formula is C21H22N3O2S+. The highest BCUT2D eigenvalue weighted by molar-refractivity contribution is 7.10. The van der Waals surface area contributed by atoms with Crippen LogP contribution >= 0.6 is 11.3 Å². The molecule has 6 heteroatoms. The second kappa shape index (κ2) is 9.12. The third-order valence-electron chi connectivity index (χ3n) is 4.11. The molecule has 1 heterocycles. The molecule has 3 aromatic rings. The molecule has 4 N–H and O–H groups in total. The van der Waals surface area contributed by atoms with Crippen molar-refractivity contribution in [3.05, 3.63) is 88.1 Å². The Morgan fingerprint density at radius 3 is 2.41 bits per heavy atom. The van der Waals surface area contributed by atoms with Crippen LogP contribution in [0.1, 0.15) is 22.0 Å². The SMILES string of the molecule is Cc1ccc([C@@H]([NH2+]CC(=O)NC(=O)Nc2ccccc2)c2cccs2)cc1. The van der Waals surface area contributed by atoms with Crippen molar-refractivity contribution in [3.63, 3.8) is 0 Å². The first kappa shape index (κ1) is 18.8. The van der Waals surface area contributed by atoms with Crippen LogP contribution in [0.15, 0.2) is 72.1 Å². The second-order valence-electron chi connectivity index (χ2n) is 6.21. The minimum atomic E-state index is -0.525. The first-order valence-corrected chi connectivity index (χ1v) is 9.59. The van der Waals surface area contributed by atoms with E-state index in [0.717, 1.165) is 5.56 Å². The molecule has 0 bridgehead atoms. The van der Waals surface area contributed by atoms with Crippen LogP contribution in [0.5, 0.6) is 0 Å². The van der Waals surface area contributed by atoms with Crippen molar-refractivity contribution >= 4 is 29.0 Å². The molecule has 3 amide bonds. The summed E-state index contributed by atoms with van der Waals surface area (Å²) in [7, 11) is 0. The number of thiophene rings is 1. The Morgan fingerprint density at radius 1 is 1.00 bits per heavy atom. The molecule has 0 spiro atoms. The number of aryl methyl sites for hydroxylation is 1. The molecule has 138 valence electrons. The topological polar surface area (TPSA) is 74.8 Å². The monoisotopic (exact) mass is 380 g/mol. The number of urea groups is 1. The Labute approximate surface area is 162 Å². The summed E-state index contributed by atoms with van der Waals surface area (Å²) in [5.74, 6) is -0.336. The van der Waals surface area contributed by atoms with Crippen LogP contribution < -0.4 is 16.0 Å². The summed E-state index contributed by atoms with van der Waals surface area (Å²) in [6, 6.07) is 20.9. The smallest absolute Gasteiger partial charge is 0.326 e. The number of hydrogen-bond donors (Lipinski definition) is 3. The van der Waals surface area contributed by atoms with Gasteiger partial charge in [-0.2, -0.15) is 0 Å². The predicted molar refractivity (Wildman–Crippen MR) is 108 cm³/mol. The van der Waals surface area contributed by atoms with Gasteiger partial charge in [-0.25, -0.2) is 4.79 Å². The van der Waals surface area contributed by atoms with Crippen molar-refractivity contribution in [1.82, 2.24) is 5.32 Å². The number of benzene rings is 2. The summed E-state index contributed by atoms with van der Waals surface area (Å²) in [6.45, 7) is 2.20.